The van der Waals surface area contributed by atoms with Gasteiger partial charge in [0.2, 0.25) is 0 Å². The van der Waals surface area contributed by atoms with E-state index < -0.39 is 6.10 Å². The molecular formula is C14H24BrN3O2. The van der Waals surface area contributed by atoms with E-state index in [-0.39, 0.29) is 12.1 Å². The Hall–Kier alpha value is -0.430. The lowest BCUT2D eigenvalue weighted by Gasteiger charge is -2.35. The predicted molar refractivity (Wildman–Crippen MR) is 81.7 cm³/mol. The third-order valence-electron chi connectivity index (χ3n) is 3.63. The van der Waals surface area contributed by atoms with Gasteiger partial charge in [0.25, 0.3) is 0 Å². The molecule has 2 unspecified atom stereocenters. The molecule has 1 saturated heterocycles. The number of aliphatic hydroxyl groups excluding tert-OH is 1. The Morgan fingerprint density at radius 1 is 1.55 bits per heavy atom. The average molecular weight is 346 g/mol. The summed E-state index contributed by atoms with van der Waals surface area (Å²) in [7, 11) is 0. The molecule has 0 radical (unpaired) electrons. The van der Waals surface area contributed by atoms with Gasteiger partial charge in [-0.3, -0.25) is 9.58 Å². The van der Waals surface area contributed by atoms with Crippen molar-refractivity contribution in [3.8, 4) is 0 Å². The molecule has 2 atom stereocenters. The van der Waals surface area contributed by atoms with E-state index in [2.05, 4.69) is 46.7 Å². The van der Waals surface area contributed by atoms with Gasteiger partial charge in [0, 0.05) is 19.1 Å². The number of hydrogen-bond donors (Lipinski definition) is 1. The van der Waals surface area contributed by atoms with E-state index in [1.165, 1.54) is 0 Å². The predicted octanol–water partition coefficient (Wildman–Crippen LogP) is 2.37. The molecule has 0 spiro atoms. The molecule has 2 rings (SSSR count). The molecule has 20 heavy (non-hydrogen) atoms. The third-order valence-corrected chi connectivity index (χ3v) is 4.24. The Morgan fingerprint density at radius 2 is 2.30 bits per heavy atom. The number of aliphatic hydroxyl groups is 1. The average Bonchev–Trinajstić information content (AvgIpc) is 2.81. The number of aromatic nitrogens is 2. The number of rotatable bonds is 5. The fourth-order valence-corrected chi connectivity index (χ4v) is 3.16. The summed E-state index contributed by atoms with van der Waals surface area (Å²) in [5, 5.41) is 15.0. The van der Waals surface area contributed by atoms with Crippen LogP contribution in [0.5, 0.6) is 0 Å². The summed E-state index contributed by atoms with van der Waals surface area (Å²) >= 11 is 3.49. The highest BCUT2D eigenvalue weighted by molar-refractivity contribution is 9.10. The zero-order valence-corrected chi connectivity index (χ0v) is 14.0. The van der Waals surface area contributed by atoms with Crippen LogP contribution in [0.3, 0.4) is 0 Å². The number of ether oxygens (including phenoxy) is 1. The van der Waals surface area contributed by atoms with Crippen LogP contribution in [0.2, 0.25) is 0 Å². The van der Waals surface area contributed by atoms with Gasteiger partial charge in [0.1, 0.15) is 12.2 Å². The van der Waals surface area contributed by atoms with Gasteiger partial charge in [0.05, 0.1) is 23.0 Å². The SMILES string of the molecule is CCCN1CCOC(C(O)c2c(Br)cnn2C(C)C)C1. The van der Waals surface area contributed by atoms with E-state index in [9.17, 15) is 5.11 Å². The highest BCUT2D eigenvalue weighted by Crippen LogP contribution is 2.30. The van der Waals surface area contributed by atoms with Crippen molar-refractivity contribution in [1.82, 2.24) is 14.7 Å². The Kier molecular flexibility index (Phi) is 5.60. The molecule has 1 aromatic rings. The Balaban J connectivity index is 2.14. The monoisotopic (exact) mass is 345 g/mol. The molecule has 1 aliphatic rings. The maximum atomic E-state index is 10.7. The zero-order chi connectivity index (χ0) is 14.7. The van der Waals surface area contributed by atoms with Crippen molar-refractivity contribution >= 4 is 15.9 Å². The van der Waals surface area contributed by atoms with Gasteiger partial charge in [-0.2, -0.15) is 5.10 Å². The second-order valence-electron chi connectivity index (χ2n) is 5.57. The summed E-state index contributed by atoms with van der Waals surface area (Å²) in [6.07, 6.45) is 2.01. The topological polar surface area (TPSA) is 50.5 Å². The summed E-state index contributed by atoms with van der Waals surface area (Å²) in [5.41, 5.74) is 0.809. The summed E-state index contributed by atoms with van der Waals surface area (Å²) in [5.74, 6) is 0. The van der Waals surface area contributed by atoms with Crippen LogP contribution in [0.25, 0.3) is 0 Å². The lowest BCUT2D eigenvalue weighted by atomic mass is 10.1. The summed E-state index contributed by atoms with van der Waals surface area (Å²) in [6.45, 7) is 9.73. The lowest BCUT2D eigenvalue weighted by Crippen LogP contribution is -2.45. The van der Waals surface area contributed by atoms with Crippen molar-refractivity contribution in [2.75, 3.05) is 26.2 Å². The normalized spacial score (nSPS) is 22.4. The van der Waals surface area contributed by atoms with Crippen LogP contribution in [0.4, 0.5) is 0 Å². The van der Waals surface area contributed by atoms with Crippen molar-refractivity contribution in [2.45, 2.75) is 45.4 Å². The van der Waals surface area contributed by atoms with Gasteiger partial charge in [-0.05, 0) is 42.7 Å². The molecule has 0 aromatic carbocycles. The standard InChI is InChI=1S/C14H24BrN3O2/c1-4-5-17-6-7-20-12(9-17)14(19)13-11(15)8-16-18(13)10(2)3/h8,10,12,14,19H,4-7,9H2,1-3H3. The van der Waals surface area contributed by atoms with Crippen molar-refractivity contribution in [1.29, 1.82) is 0 Å². The van der Waals surface area contributed by atoms with Crippen molar-refractivity contribution < 1.29 is 9.84 Å². The maximum Gasteiger partial charge on any atom is 0.124 e. The lowest BCUT2D eigenvalue weighted by molar-refractivity contribution is -0.0925. The first-order valence-electron chi connectivity index (χ1n) is 7.29. The van der Waals surface area contributed by atoms with E-state index >= 15 is 0 Å². The van der Waals surface area contributed by atoms with Crippen LogP contribution in [0, 0.1) is 0 Å². The molecule has 1 aromatic heterocycles. The second kappa shape index (κ2) is 7.02. The van der Waals surface area contributed by atoms with Gasteiger partial charge in [0.15, 0.2) is 0 Å². The van der Waals surface area contributed by atoms with Crippen LogP contribution < -0.4 is 0 Å². The van der Waals surface area contributed by atoms with E-state index in [4.69, 9.17) is 4.74 Å². The van der Waals surface area contributed by atoms with Gasteiger partial charge < -0.3 is 9.84 Å². The fourth-order valence-electron chi connectivity index (χ4n) is 2.66. The molecule has 0 bridgehead atoms. The van der Waals surface area contributed by atoms with Crippen LogP contribution in [0.1, 0.15) is 45.0 Å². The minimum absolute atomic E-state index is 0.194. The molecule has 114 valence electrons. The first-order chi connectivity index (χ1) is 9.54. The van der Waals surface area contributed by atoms with Crippen LogP contribution in [-0.2, 0) is 4.74 Å². The summed E-state index contributed by atoms with van der Waals surface area (Å²) in [6, 6.07) is 0.210. The number of nitrogens with zero attached hydrogens (tertiary/aromatic N) is 3. The Morgan fingerprint density at radius 3 is 2.95 bits per heavy atom. The molecule has 1 N–H and O–H groups in total. The second-order valence-corrected chi connectivity index (χ2v) is 6.43. The summed E-state index contributed by atoms with van der Waals surface area (Å²) in [4.78, 5) is 2.35. The van der Waals surface area contributed by atoms with Crippen molar-refractivity contribution in [3.63, 3.8) is 0 Å². The van der Waals surface area contributed by atoms with Crippen molar-refractivity contribution in [2.24, 2.45) is 0 Å². The molecule has 1 aliphatic heterocycles. The quantitative estimate of drug-likeness (QED) is 0.889. The van der Waals surface area contributed by atoms with Crippen LogP contribution in [0.15, 0.2) is 10.7 Å². The minimum atomic E-state index is -0.658. The molecule has 0 aliphatic carbocycles. The maximum absolute atomic E-state index is 10.7. The third kappa shape index (κ3) is 3.42. The molecule has 0 saturated carbocycles. The Bertz CT molecular complexity index is 434. The van der Waals surface area contributed by atoms with Crippen LogP contribution in [-0.4, -0.2) is 52.1 Å². The molecule has 6 heteroatoms. The summed E-state index contributed by atoms with van der Waals surface area (Å²) < 4.78 is 8.48. The highest BCUT2D eigenvalue weighted by atomic mass is 79.9. The highest BCUT2D eigenvalue weighted by Gasteiger charge is 2.31. The van der Waals surface area contributed by atoms with Gasteiger partial charge in [-0.1, -0.05) is 6.92 Å². The van der Waals surface area contributed by atoms with E-state index in [0.29, 0.717) is 6.61 Å². The largest absolute Gasteiger partial charge is 0.384 e. The van der Waals surface area contributed by atoms with Gasteiger partial charge in [-0.25, -0.2) is 0 Å². The smallest absolute Gasteiger partial charge is 0.124 e. The minimum Gasteiger partial charge on any atom is -0.384 e. The van der Waals surface area contributed by atoms with Gasteiger partial charge in [-0.15, -0.1) is 0 Å². The molecule has 0 amide bonds. The van der Waals surface area contributed by atoms with Gasteiger partial charge >= 0.3 is 0 Å². The van der Waals surface area contributed by atoms with Crippen LogP contribution >= 0.6 is 15.9 Å². The van der Waals surface area contributed by atoms with E-state index in [1.807, 2.05) is 4.68 Å². The fraction of sp³-hybridized carbons (Fsp3) is 0.786. The molecule has 1 fully saturated rings. The molecular weight excluding hydrogens is 322 g/mol. The molecule has 2 heterocycles. The number of morpholine rings is 1. The first-order valence-corrected chi connectivity index (χ1v) is 8.08. The van der Waals surface area contributed by atoms with E-state index in [1.54, 1.807) is 6.20 Å². The first kappa shape index (κ1) is 15.9. The molecule has 5 nitrogen and oxygen atoms in total. The van der Waals surface area contributed by atoms with Crippen molar-refractivity contribution in [3.05, 3.63) is 16.4 Å². The zero-order valence-electron chi connectivity index (χ0n) is 12.4. The number of hydrogen-bond acceptors (Lipinski definition) is 4. The Labute approximate surface area is 129 Å². The number of halogens is 1. The van der Waals surface area contributed by atoms with E-state index in [0.717, 1.165) is 36.2 Å².